The van der Waals surface area contributed by atoms with Crippen LogP contribution in [0, 0.1) is 11.3 Å². The number of nitrogens with zero attached hydrogens (tertiary/aromatic N) is 3. The molecule has 1 heterocycles. The quantitative estimate of drug-likeness (QED) is 0.686. The molecule has 0 bridgehead atoms. The lowest BCUT2D eigenvalue weighted by Gasteiger charge is -2.30. The fourth-order valence-electron chi connectivity index (χ4n) is 2.49. The van der Waals surface area contributed by atoms with Gasteiger partial charge in [0, 0.05) is 24.7 Å². The van der Waals surface area contributed by atoms with Crippen molar-refractivity contribution in [3.05, 3.63) is 0 Å². The van der Waals surface area contributed by atoms with Crippen LogP contribution in [0.25, 0.3) is 0 Å². The molecule has 2 atom stereocenters. The van der Waals surface area contributed by atoms with Gasteiger partial charge in [0.15, 0.2) is 0 Å². The maximum Gasteiger partial charge on any atom is 0.0638 e. The van der Waals surface area contributed by atoms with Gasteiger partial charge in [-0.2, -0.15) is 5.26 Å². The highest BCUT2D eigenvalue weighted by Gasteiger charge is 2.34. The molecular weight excluding hydrogens is 186 g/mol. The van der Waals surface area contributed by atoms with Gasteiger partial charge in [0.1, 0.15) is 0 Å². The van der Waals surface area contributed by atoms with Crippen LogP contribution < -0.4 is 0 Å². The predicted octanol–water partition coefficient (Wildman–Crippen LogP) is 1.46. The highest BCUT2D eigenvalue weighted by molar-refractivity contribution is 4.93. The first-order valence-corrected chi connectivity index (χ1v) is 6.05. The number of rotatable bonds is 2. The third-order valence-corrected chi connectivity index (χ3v) is 3.94. The van der Waals surface area contributed by atoms with Crippen molar-refractivity contribution >= 4 is 0 Å². The van der Waals surface area contributed by atoms with E-state index in [2.05, 4.69) is 29.8 Å². The minimum Gasteiger partial charge on any atom is -0.299 e. The molecule has 2 unspecified atom stereocenters. The first-order chi connectivity index (χ1) is 7.22. The molecule has 1 aliphatic heterocycles. The molecule has 1 aliphatic carbocycles. The molecule has 0 aromatic carbocycles. The minimum absolute atomic E-state index is 0.438. The molecule has 2 rings (SSSR count). The van der Waals surface area contributed by atoms with Crippen molar-refractivity contribution in [3.8, 4) is 6.07 Å². The molecule has 2 fully saturated rings. The Morgan fingerprint density at radius 3 is 2.67 bits per heavy atom. The number of likely N-dealkylation sites (N-methyl/N-ethyl adjacent to an activating group) is 1. The van der Waals surface area contributed by atoms with E-state index in [0.717, 1.165) is 12.6 Å². The summed E-state index contributed by atoms with van der Waals surface area (Å²) in [4.78, 5) is 4.99. The van der Waals surface area contributed by atoms with Gasteiger partial charge in [-0.1, -0.05) is 0 Å². The van der Waals surface area contributed by atoms with Crippen LogP contribution in [0.2, 0.25) is 0 Å². The Bertz CT molecular complexity index is 254. The van der Waals surface area contributed by atoms with Gasteiger partial charge in [0.25, 0.3) is 0 Å². The van der Waals surface area contributed by atoms with Crippen molar-refractivity contribution in [2.24, 2.45) is 0 Å². The molecule has 3 nitrogen and oxygen atoms in total. The summed E-state index contributed by atoms with van der Waals surface area (Å²) in [6.07, 6.45) is 4.66. The van der Waals surface area contributed by atoms with E-state index in [1.54, 1.807) is 0 Å². The lowest BCUT2D eigenvalue weighted by molar-refractivity contribution is 0.175. The normalized spacial score (nSPS) is 34.7. The van der Waals surface area contributed by atoms with E-state index in [1.807, 2.05) is 0 Å². The van der Waals surface area contributed by atoms with E-state index in [1.165, 1.54) is 25.8 Å². The molecule has 0 amide bonds. The van der Waals surface area contributed by atoms with Crippen molar-refractivity contribution in [2.75, 3.05) is 20.1 Å². The fourth-order valence-corrected chi connectivity index (χ4v) is 2.49. The molecule has 84 valence electrons. The monoisotopic (exact) mass is 207 g/mol. The van der Waals surface area contributed by atoms with Crippen LogP contribution in [0.4, 0.5) is 0 Å². The first kappa shape index (κ1) is 10.9. The highest BCUT2D eigenvalue weighted by atomic mass is 15.3. The van der Waals surface area contributed by atoms with Crippen LogP contribution in [0.3, 0.4) is 0 Å². The van der Waals surface area contributed by atoms with Gasteiger partial charge in [-0.05, 0) is 39.8 Å². The summed E-state index contributed by atoms with van der Waals surface area (Å²) < 4.78 is 0. The maximum absolute atomic E-state index is 8.86. The maximum atomic E-state index is 8.86. The molecule has 0 radical (unpaired) electrons. The molecule has 1 saturated heterocycles. The fraction of sp³-hybridized carbons (Fsp3) is 0.917. The zero-order valence-electron chi connectivity index (χ0n) is 9.82. The SMILES string of the molecule is CC1CCN(C2CC2)CC(CC#N)N1C. The van der Waals surface area contributed by atoms with Crippen molar-refractivity contribution in [3.63, 3.8) is 0 Å². The average Bonchev–Trinajstić information content (AvgIpc) is 3.03. The van der Waals surface area contributed by atoms with E-state index < -0.39 is 0 Å². The zero-order valence-corrected chi connectivity index (χ0v) is 9.82. The largest absolute Gasteiger partial charge is 0.299 e. The van der Waals surface area contributed by atoms with Crippen molar-refractivity contribution < 1.29 is 0 Å². The van der Waals surface area contributed by atoms with Crippen LogP contribution in [0.15, 0.2) is 0 Å². The summed E-state index contributed by atoms with van der Waals surface area (Å²) in [6.45, 7) is 4.60. The Hall–Kier alpha value is -0.590. The Kier molecular flexibility index (Phi) is 3.28. The second-order valence-electron chi connectivity index (χ2n) is 5.05. The highest BCUT2D eigenvalue weighted by Crippen LogP contribution is 2.29. The summed E-state index contributed by atoms with van der Waals surface area (Å²) >= 11 is 0. The lowest BCUT2D eigenvalue weighted by atomic mass is 10.1. The Balaban J connectivity index is 2.01. The number of nitriles is 1. The van der Waals surface area contributed by atoms with Gasteiger partial charge < -0.3 is 0 Å². The van der Waals surface area contributed by atoms with Crippen LogP contribution in [-0.2, 0) is 0 Å². The van der Waals surface area contributed by atoms with Crippen LogP contribution in [0.5, 0.6) is 0 Å². The van der Waals surface area contributed by atoms with Gasteiger partial charge in [-0.15, -0.1) is 0 Å². The third kappa shape index (κ3) is 2.50. The van der Waals surface area contributed by atoms with E-state index >= 15 is 0 Å². The van der Waals surface area contributed by atoms with E-state index in [0.29, 0.717) is 18.5 Å². The van der Waals surface area contributed by atoms with Gasteiger partial charge in [-0.3, -0.25) is 9.80 Å². The van der Waals surface area contributed by atoms with Crippen molar-refractivity contribution in [1.82, 2.24) is 9.80 Å². The second-order valence-corrected chi connectivity index (χ2v) is 5.05. The van der Waals surface area contributed by atoms with Crippen LogP contribution >= 0.6 is 0 Å². The Morgan fingerprint density at radius 2 is 2.07 bits per heavy atom. The Morgan fingerprint density at radius 1 is 1.33 bits per heavy atom. The summed E-state index contributed by atoms with van der Waals surface area (Å²) in [5, 5.41) is 8.86. The minimum atomic E-state index is 0.438. The molecule has 15 heavy (non-hydrogen) atoms. The summed E-state index contributed by atoms with van der Waals surface area (Å²) in [6, 6.07) is 4.22. The topological polar surface area (TPSA) is 30.3 Å². The van der Waals surface area contributed by atoms with Crippen LogP contribution in [-0.4, -0.2) is 48.1 Å². The second kappa shape index (κ2) is 4.51. The molecule has 0 spiro atoms. The molecular formula is C12H21N3. The molecule has 0 N–H and O–H groups in total. The van der Waals surface area contributed by atoms with E-state index in [9.17, 15) is 0 Å². The summed E-state index contributed by atoms with van der Waals surface area (Å²) in [7, 11) is 2.17. The number of hydrogen-bond acceptors (Lipinski definition) is 3. The summed E-state index contributed by atoms with van der Waals surface area (Å²) in [5.41, 5.74) is 0. The molecule has 3 heteroatoms. The Labute approximate surface area is 92.7 Å². The summed E-state index contributed by atoms with van der Waals surface area (Å²) in [5.74, 6) is 0. The lowest BCUT2D eigenvalue weighted by Crippen LogP contribution is -2.41. The average molecular weight is 207 g/mol. The van der Waals surface area contributed by atoms with Gasteiger partial charge in [0.05, 0.1) is 12.5 Å². The first-order valence-electron chi connectivity index (χ1n) is 6.05. The van der Waals surface area contributed by atoms with E-state index in [4.69, 9.17) is 5.26 Å². The molecule has 0 aromatic rings. The zero-order chi connectivity index (χ0) is 10.8. The van der Waals surface area contributed by atoms with Crippen LogP contribution in [0.1, 0.15) is 32.6 Å². The third-order valence-electron chi connectivity index (χ3n) is 3.94. The van der Waals surface area contributed by atoms with Gasteiger partial charge in [0.2, 0.25) is 0 Å². The molecule has 0 aromatic heterocycles. The smallest absolute Gasteiger partial charge is 0.0638 e. The predicted molar refractivity (Wildman–Crippen MR) is 60.5 cm³/mol. The van der Waals surface area contributed by atoms with E-state index in [-0.39, 0.29) is 0 Å². The molecule has 2 aliphatic rings. The van der Waals surface area contributed by atoms with Gasteiger partial charge >= 0.3 is 0 Å². The van der Waals surface area contributed by atoms with Crippen molar-refractivity contribution in [2.45, 2.75) is 50.7 Å². The number of hydrogen-bond donors (Lipinski definition) is 0. The van der Waals surface area contributed by atoms with Gasteiger partial charge in [-0.25, -0.2) is 0 Å². The molecule has 1 saturated carbocycles. The van der Waals surface area contributed by atoms with Crippen molar-refractivity contribution in [1.29, 1.82) is 5.26 Å². The standard InChI is InChI=1S/C12H21N3/c1-10-6-8-15(11-3-4-11)9-12(5-7-13)14(10)2/h10-12H,3-6,8-9H2,1-2H3.